The highest BCUT2D eigenvalue weighted by Crippen LogP contribution is 2.33. The molecule has 5 nitrogen and oxygen atoms in total. The van der Waals surface area contributed by atoms with Gasteiger partial charge in [-0.2, -0.15) is 0 Å². The largest absolute Gasteiger partial charge is 0.305 e. The van der Waals surface area contributed by atoms with E-state index in [-0.39, 0.29) is 16.8 Å². The molecule has 4 rings (SSSR count). The van der Waals surface area contributed by atoms with Crippen molar-refractivity contribution >= 4 is 27.3 Å². The van der Waals surface area contributed by atoms with Crippen LogP contribution in [0.2, 0.25) is 0 Å². The van der Waals surface area contributed by atoms with E-state index in [1.807, 2.05) is 31.2 Å². The van der Waals surface area contributed by atoms with Crippen LogP contribution in [0.15, 0.2) is 83.8 Å². The molecule has 3 aromatic rings. The molecule has 1 N–H and O–H groups in total. The van der Waals surface area contributed by atoms with Crippen molar-refractivity contribution in [3.05, 3.63) is 90.0 Å². The van der Waals surface area contributed by atoms with Crippen molar-refractivity contribution in [1.82, 2.24) is 0 Å². The van der Waals surface area contributed by atoms with Gasteiger partial charge in [0.25, 0.3) is 15.9 Å². The molecule has 0 spiro atoms. The Labute approximate surface area is 164 Å². The predicted molar refractivity (Wildman–Crippen MR) is 110 cm³/mol. The number of nitrogens with one attached hydrogen (secondary N) is 1. The molecular formula is C22H20N2O3S. The average molecular weight is 392 g/mol. The van der Waals surface area contributed by atoms with Gasteiger partial charge >= 0.3 is 0 Å². The Bertz CT molecular complexity index is 1130. The zero-order valence-electron chi connectivity index (χ0n) is 15.4. The zero-order valence-corrected chi connectivity index (χ0v) is 16.2. The molecule has 0 saturated carbocycles. The van der Waals surface area contributed by atoms with Gasteiger partial charge in [0.15, 0.2) is 0 Å². The van der Waals surface area contributed by atoms with E-state index in [0.29, 0.717) is 11.3 Å². The molecule has 0 aliphatic carbocycles. The Balaban J connectivity index is 1.62. The number of amides is 1. The van der Waals surface area contributed by atoms with Gasteiger partial charge in [-0.05, 0) is 55.3 Å². The van der Waals surface area contributed by atoms with E-state index in [0.717, 1.165) is 17.7 Å². The lowest BCUT2D eigenvalue weighted by atomic mass is 10.1. The first kappa shape index (κ1) is 18.3. The number of sulfonamides is 1. The molecule has 1 aliphatic rings. The minimum absolute atomic E-state index is 0.0505. The lowest BCUT2D eigenvalue weighted by Gasteiger charge is -2.23. The van der Waals surface area contributed by atoms with Crippen LogP contribution < -0.4 is 9.62 Å². The monoisotopic (exact) mass is 392 g/mol. The van der Waals surface area contributed by atoms with Crippen LogP contribution in [-0.2, 0) is 16.4 Å². The normalized spacial score (nSPS) is 15.9. The second-order valence-electron chi connectivity index (χ2n) is 6.86. The third-order valence-corrected chi connectivity index (χ3v) is 6.24. The van der Waals surface area contributed by atoms with E-state index in [2.05, 4.69) is 4.72 Å². The minimum atomic E-state index is -3.71. The highest BCUT2D eigenvalue weighted by Gasteiger charge is 2.31. The summed E-state index contributed by atoms with van der Waals surface area (Å²) in [6.07, 6.45) is 0.808. The van der Waals surface area contributed by atoms with Crippen LogP contribution in [-0.4, -0.2) is 20.4 Å². The van der Waals surface area contributed by atoms with Crippen LogP contribution in [0.1, 0.15) is 22.8 Å². The first-order valence-electron chi connectivity index (χ1n) is 9.05. The van der Waals surface area contributed by atoms with Crippen LogP contribution in [0.5, 0.6) is 0 Å². The topological polar surface area (TPSA) is 66.5 Å². The average Bonchev–Trinajstić information content (AvgIpc) is 3.03. The lowest BCUT2D eigenvalue weighted by Crippen LogP contribution is -2.35. The summed E-state index contributed by atoms with van der Waals surface area (Å²) in [5.41, 5.74) is 2.85. The van der Waals surface area contributed by atoms with E-state index in [9.17, 15) is 13.2 Å². The van der Waals surface area contributed by atoms with Crippen molar-refractivity contribution in [2.45, 2.75) is 24.3 Å². The molecule has 0 bridgehead atoms. The number of rotatable bonds is 4. The maximum absolute atomic E-state index is 13.2. The van der Waals surface area contributed by atoms with Gasteiger partial charge in [0, 0.05) is 23.0 Å². The third kappa shape index (κ3) is 3.39. The summed E-state index contributed by atoms with van der Waals surface area (Å²) >= 11 is 0. The van der Waals surface area contributed by atoms with Gasteiger partial charge in [-0.3, -0.25) is 9.52 Å². The number of carbonyl (C=O) groups is 1. The highest BCUT2D eigenvalue weighted by molar-refractivity contribution is 7.92. The molecule has 28 heavy (non-hydrogen) atoms. The maximum atomic E-state index is 13.2. The number of carbonyl (C=O) groups excluding carboxylic acids is 1. The van der Waals surface area contributed by atoms with E-state index in [4.69, 9.17) is 0 Å². The summed E-state index contributed by atoms with van der Waals surface area (Å²) in [4.78, 5) is 15.1. The Morgan fingerprint density at radius 1 is 0.964 bits per heavy atom. The van der Waals surface area contributed by atoms with Gasteiger partial charge in [0.2, 0.25) is 0 Å². The number of benzene rings is 3. The summed E-state index contributed by atoms with van der Waals surface area (Å²) in [7, 11) is -3.71. The van der Waals surface area contributed by atoms with E-state index >= 15 is 0 Å². The quantitative estimate of drug-likeness (QED) is 0.728. The molecule has 0 saturated heterocycles. The standard InChI is InChI=1S/C22H20N2O3S/c1-16-14-17-8-5-6-13-21(17)24(16)22(25)18-9-7-10-19(15-18)23-28(26,27)20-11-3-2-4-12-20/h2-13,15-16,23H,14H2,1H3/t16-/m1/s1. The summed E-state index contributed by atoms with van der Waals surface area (Å²) in [6, 6.07) is 22.7. The molecule has 3 aromatic carbocycles. The lowest BCUT2D eigenvalue weighted by molar-refractivity contribution is 0.0981. The molecule has 0 fully saturated rings. The van der Waals surface area contributed by atoms with Crippen molar-refractivity contribution in [3.63, 3.8) is 0 Å². The Morgan fingerprint density at radius 2 is 1.68 bits per heavy atom. The second kappa shape index (κ2) is 7.13. The Hall–Kier alpha value is -3.12. The number of hydrogen-bond donors (Lipinski definition) is 1. The predicted octanol–water partition coefficient (Wildman–Crippen LogP) is 4.08. The van der Waals surface area contributed by atoms with E-state index < -0.39 is 10.0 Å². The Morgan fingerprint density at radius 3 is 2.46 bits per heavy atom. The first-order valence-corrected chi connectivity index (χ1v) is 10.5. The molecule has 1 heterocycles. The van der Waals surface area contributed by atoms with Gasteiger partial charge < -0.3 is 4.90 Å². The van der Waals surface area contributed by atoms with Gasteiger partial charge in [-0.1, -0.05) is 42.5 Å². The molecule has 1 aliphatic heterocycles. The number of hydrogen-bond acceptors (Lipinski definition) is 3. The summed E-state index contributed by atoms with van der Waals surface area (Å²) in [5, 5.41) is 0. The first-order chi connectivity index (χ1) is 13.5. The van der Waals surface area contributed by atoms with Crippen molar-refractivity contribution in [2.24, 2.45) is 0 Å². The number of para-hydroxylation sites is 1. The van der Waals surface area contributed by atoms with Crippen LogP contribution in [0.25, 0.3) is 0 Å². The zero-order chi connectivity index (χ0) is 19.7. The molecule has 0 aromatic heterocycles. The summed E-state index contributed by atoms with van der Waals surface area (Å²) < 4.78 is 27.6. The van der Waals surface area contributed by atoms with Gasteiger partial charge in [0.1, 0.15) is 0 Å². The maximum Gasteiger partial charge on any atom is 0.261 e. The summed E-state index contributed by atoms with van der Waals surface area (Å²) in [5.74, 6) is -0.141. The van der Waals surface area contributed by atoms with Gasteiger partial charge in [0.05, 0.1) is 4.90 Å². The van der Waals surface area contributed by atoms with Crippen molar-refractivity contribution in [2.75, 3.05) is 9.62 Å². The number of anilines is 2. The van der Waals surface area contributed by atoms with Crippen molar-refractivity contribution < 1.29 is 13.2 Å². The molecule has 0 unspecified atom stereocenters. The van der Waals surface area contributed by atoms with Crippen LogP contribution >= 0.6 is 0 Å². The molecule has 1 atom stereocenters. The van der Waals surface area contributed by atoms with E-state index in [1.165, 1.54) is 12.1 Å². The van der Waals surface area contributed by atoms with Crippen LogP contribution in [0.4, 0.5) is 11.4 Å². The summed E-state index contributed by atoms with van der Waals surface area (Å²) in [6.45, 7) is 2.01. The van der Waals surface area contributed by atoms with Crippen molar-refractivity contribution in [3.8, 4) is 0 Å². The molecular weight excluding hydrogens is 372 g/mol. The smallest absolute Gasteiger partial charge is 0.261 e. The van der Waals surface area contributed by atoms with E-state index in [1.54, 1.807) is 47.4 Å². The SMILES string of the molecule is C[C@@H]1Cc2ccccc2N1C(=O)c1cccc(NS(=O)(=O)c2ccccc2)c1. The highest BCUT2D eigenvalue weighted by atomic mass is 32.2. The second-order valence-corrected chi connectivity index (χ2v) is 8.54. The Kier molecular flexibility index (Phi) is 4.65. The fourth-order valence-corrected chi connectivity index (χ4v) is 4.61. The number of fused-ring (bicyclic) bond motifs is 1. The minimum Gasteiger partial charge on any atom is -0.305 e. The van der Waals surface area contributed by atoms with Crippen LogP contribution in [0, 0.1) is 0 Å². The van der Waals surface area contributed by atoms with Gasteiger partial charge in [-0.15, -0.1) is 0 Å². The molecule has 6 heteroatoms. The molecule has 1 amide bonds. The molecule has 142 valence electrons. The van der Waals surface area contributed by atoms with Gasteiger partial charge in [-0.25, -0.2) is 8.42 Å². The third-order valence-electron chi connectivity index (χ3n) is 4.84. The fraction of sp³-hybridized carbons (Fsp3) is 0.136. The van der Waals surface area contributed by atoms with Crippen LogP contribution in [0.3, 0.4) is 0 Å². The van der Waals surface area contributed by atoms with Crippen molar-refractivity contribution in [1.29, 1.82) is 0 Å². The fourth-order valence-electron chi connectivity index (χ4n) is 3.54. The molecule has 0 radical (unpaired) electrons. The number of nitrogens with zero attached hydrogens (tertiary/aromatic N) is 1.